The summed E-state index contributed by atoms with van der Waals surface area (Å²) in [6.45, 7) is 2.55. The van der Waals surface area contributed by atoms with Gasteiger partial charge in [-0.3, -0.25) is 0 Å². The van der Waals surface area contributed by atoms with Crippen LogP contribution < -0.4 is 0 Å². The molecular weight excluding hydrogens is 447 g/mol. The summed E-state index contributed by atoms with van der Waals surface area (Å²) in [5.74, 6) is 1.55. The third kappa shape index (κ3) is 3.38. The summed E-state index contributed by atoms with van der Waals surface area (Å²) in [5, 5.41) is 4.67. The van der Waals surface area contributed by atoms with Crippen molar-refractivity contribution in [3.05, 3.63) is 12.2 Å². The lowest BCUT2D eigenvalue weighted by Crippen LogP contribution is -2.66. The number of hydrogen-bond acceptors (Lipinski definition) is 4. The summed E-state index contributed by atoms with van der Waals surface area (Å²) in [5.41, 5.74) is -1.53. The molecule has 3 heterocycles. The molecule has 4 saturated carbocycles. The first-order valence-electron chi connectivity index (χ1n) is 12.8. The molecule has 2 amide bonds. The molecule has 1 atom stereocenters. The van der Waals surface area contributed by atoms with E-state index in [4.69, 9.17) is 4.74 Å². The van der Waals surface area contributed by atoms with Crippen molar-refractivity contribution in [1.29, 1.82) is 0 Å². The molecule has 0 aromatic carbocycles. The Morgan fingerprint density at radius 1 is 1.06 bits per heavy atom. The molecule has 2 saturated heterocycles. The van der Waals surface area contributed by atoms with Gasteiger partial charge in [0.15, 0.2) is 5.82 Å². The summed E-state index contributed by atoms with van der Waals surface area (Å²) in [6.07, 6.45) is 4.90. The van der Waals surface area contributed by atoms with Crippen LogP contribution in [0.1, 0.15) is 75.6 Å². The number of urea groups is 1. The maximum atomic E-state index is 13.3. The molecule has 6 fully saturated rings. The normalized spacial score (nSPS) is 30.9. The molecule has 7 rings (SSSR count). The highest BCUT2D eigenvalue weighted by atomic mass is 19.4. The molecule has 0 radical (unpaired) electrons. The highest BCUT2D eigenvalue weighted by Crippen LogP contribution is 2.60. The fourth-order valence-electron chi connectivity index (χ4n) is 6.60. The second kappa shape index (κ2) is 6.89. The topological polar surface area (TPSA) is 63.5 Å². The zero-order chi connectivity index (χ0) is 23.3. The number of carbonyl (C=O) groups is 1. The molecule has 186 valence electrons. The summed E-state index contributed by atoms with van der Waals surface area (Å²) >= 11 is 0. The van der Waals surface area contributed by atoms with Crippen molar-refractivity contribution in [2.45, 2.75) is 82.0 Å². The van der Waals surface area contributed by atoms with Gasteiger partial charge in [-0.15, -0.1) is 0 Å². The van der Waals surface area contributed by atoms with Gasteiger partial charge in [0.05, 0.1) is 24.2 Å². The standard InChI is InChI=1S/C24H32F3N5O2/c25-24(26,27)23(6-7-23)14-34-18-3-8-30(13-22(18)4-5-22)20(33)31-11-21(12-31)9-17(10-21)32-15-28-19(29-32)16-1-2-16/h15-18H,1-14H2. The van der Waals surface area contributed by atoms with Crippen LogP contribution in [0, 0.1) is 16.2 Å². The second-order valence-electron chi connectivity index (χ2n) is 12.2. The first-order valence-corrected chi connectivity index (χ1v) is 12.8. The average molecular weight is 480 g/mol. The van der Waals surface area contributed by atoms with Gasteiger partial charge in [0.2, 0.25) is 0 Å². The Kier molecular flexibility index (Phi) is 4.34. The molecule has 0 bridgehead atoms. The Bertz CT molecular complexity index is 983. The Morgan fingerprint density at radius 3 is 2.41 bits per heavy atom. The molecule has 2 spiro atoms. The predicted molar refractivity (Wildman–Crippen MR) is 115 cm³/mol. The van der Waals surface area contributed by atoms with Crippen LogP contribution in [-0.2, 0) is 4.74 Å². The zero-order valence-corrected chi connectivity index (χ0v) is 19.4. The van der Waals surface area contributed by atoms with Crippen molar-refractivity contribution < 1.29 is 22.7 Å². The Labute approximate surface area is 197 Å². The van der Waals surface area contributed by atoms with Crippen LogP contribution in [0.3, 0.4) is 0 Å². The number of rotatable bonds is 5. The number of carbonyl (C=O) groups excluding carboxylic acids is 1. The summed E-state index contributed by atoms with van der Waals surface area (Å²) in [6, 6.07) is 0.482. The van der Waals surface area contributed by atoms with E-state index in [1.807, 2.05) is 20.8 Å². The summed E-state index contributed by atoms with van der Waals surface area (Å²) in [4.78, 5) is 21.5. The lowest BCUT2D eigenvalue weighted by Gasteiger charge is -2.59. The monoisotopic (exact) mass is 479 g/mol. The zero-order valence-electron chi connectivity index (χ0n) is 19.4. The van der Waals surface area contributed by atoms with Crippen LogP contribution in [0.4, 0.5) is 18.0 Å². The van der Waals surface area contributed by atoms with E-state index in [9.17, 15) is 18.0 Å². The largest absolute Gasteiger partial charge is 0.396 e. The number of amides is 2. The third-order valence-corrected chi connectivity index (χ3v) is 9.53. The third-order valence-electron chi connectivity index (χ3n) is 9.53. The summed E-state index contributed by atoms with van der Waals surface area (Å²) in [7, 11) is 0. The van der Waals surface area contributed by atoms with Crippen LogP contribution in [0.2, 0.25) is 0 Å². The SMILES string of the molecule is O=C(N1CC2(CC(n3cnc(C4CC4)n3)C2)C1)N1CCC(OCC2(C(F)(F)F)CC2)C2(CC2)C1. The van der Waals surface area contributed by atoms with E-state index < -0.39 is 11.6 Å². The highest BCUT2D eigenvalue weighted by Gasteiger charge is 2.64. The smallest absolute Gasteiger partial charge is 0.377 e. The predicted octanol–water partition coefficient (Wildman–Crippen LogP) is 4.13. The molecule has 6 aliphatic rings. The first kappa shape index (κ1) is 21.4. The van der Waals surface area contributed by atoms with Crippen molar-refractivity contribution in [3.8, 4) is 0 Å². The lowest BCUT2D eigenvalue weighted by molar-refractivity contribution is -0.210. The van der Waals surface area contributed by atoms with Crippen LogP contribution in [0.25, 0.3) is 0 Å². The van der Waals surface area contributed by atoms with Crippen LogP contribution in [0.5, 0.6) is 0 Å². The number of aromatic nitrogens is 3. The van der Waals surface area contributed by atoms with E-state index in [2.05, 4.69) is 10.1 Å². The Balaban J connectivity index is 0.899. The van der Waals surface area contributed by atoms with Gasteiger partial charge in [-0.05, 0) is 57.8 Å². The number of hydrogen-bond donors (Lipinski definition) is 0. The molecule has 34 heavy (non-hydrogen) atoms. The number of nitrogens with zero attached hydrogens (tertiary/aromatic N) is 5. The van der Waals surface area contributed by atoms with Gasteiger partial charge >= 0.3 is 12.2 Å². The molecule has 4 aliphatic carbocycles. The molecule has 10 heteroatoms. The van der Waals surface area contributed by atoms with E-state index in [0.29, 0.717) is 31.5 Å². The van der Waals surface area contributed by atoms with E-state index in [1.54, 1.807) is 0 Å². The van der Waals surface area contributed by atoms with Crippen molar-refractivity contribution in [2.75, 3.05) is 32.8 Å². The van der Waals surface area contributed by atoms with Gasteiger partial charge in [0, 0.05) is 42.9 Å². The maximum Gasteiger partial charge on any atom is 0.396 e. The van der Waals surface area contributed by atoms with Crippen molar-refractivity contribution >= 4 is 6.03 Å². The number of likely N-dealkylation sites (tertiary alicyclic amines) is 2. The molecule has 0 N–H and O–H groups in total. The van der Waals surface area contributed by atoms with Crippen molar-refractivity contribution in [1.82, 2.24) is 24.6 Å². The van der Waals surface area contributed by atoms with Gasteiger partial charge in [0.25, 0.3) is 0 Å². The quantitative estimate of drug-likeness (QED) is 0.637. The molecule has 1 aromatic rings. The fraction of sp³-hybridized carbons (Fsp3) is 0.875. The molecular formula is C24H32F3N5O2. The number of halogens is 3. The number of alkyl halides is 3. The van der Waals surface area contributed by atoms with Crippen LogP contribution >= 0.6 is 0 Å². The van der Waals surface area contributed by atoms with Gasteiger partial charge in [-0.1, -0.05) is 0 Å². The Hall–Kier alpha value is -1.84. The number of ether oxygens (including phenoxy) is 1. The first-order chi connectivity index (χ1) is 16.2. The van der Waals surface area contributed by atoms with E-state index in [-0.39, 0.29) is 42.4 Å². The molecule has 7 nitrogen and oxygen atoms in total. The number of piperidine rings is 1. The van der Waals surface area contributed by atoms with Crippen LogP contribution in [0.15, 0.2) is 6.33 Å². The minimum atomic E-state index is -4.18. The van der Waals surface area contributed by atoms with Gasteiger partial charge in [-0.25, -0.2) is 14.5 Å². The second-order valence-corrected chi connectivity index (χ2v) is 12.2. The van der Waals surface area contributed by atoms with Crippen molar-refractivity contribution in [3.63, 3.8) is 0 Å². The van der Waals surface area contributed by atoms with Crippen LogP contribution in [-0.4, -0.2) is 75.7 Å². The minimum Gasteiger partial charge on any atom is -0.377 e. The maximum absolute atomic E-state index is 13.3. The molecule has 1 unspecified atom stereocenters. The van der Waals surface area contributed by atoms with E-state index in [1.165, 1.54) is 12.8 Å². The van der Waals surface area contributed by atoms with E-state index in [0.717, 1.165) is 44.6 Å². The Morgan fingerprint density at radius 2 is 1.79 bits per heavy atom. The minimum absolute atomic E-state index is 0.0875. The van der Waals surface area contributed by atoms with Gasteiger partial charge in [0.1, 0.15) is 6.33 Å². The fourth-order valence-corrected chi connectivity index (χ4v) is 6.60. The molecule has 1 aromatic heterocycles. The van der Waals surface area contributed by atoms with Gasteiger partial charge in [-0.2, -0.15) is 18.3 Å². The van der Waals surface area contributed by atoms with Gasteiger partial charge < -0.3 is 14.5 Å². The average Bonchev–Trinajstić information content (AvgIpc) is 3.63. The highest BCUT2D eigenvalue weighted by molar-refractivity contribution is 5.76. The lowest BCUT2D eigenvalue weighted by atomic mass is 9.61. The summed E-state index contributed by atoms with van der Waals surface area (Å²) < 4.78 is 47.7. The van der Waals surface area contributed by atoms with E-state index >= 15 is 0 Å². The van der Waals surface area contributed by atoms with Crippen molar-refractivity contribution in [2.24, 2.45) is 16.2 Å². The molecule has 2 aliphatic heterocycles.